The summed E-state index contributed by atoms with van der Waals surface area (Å²) in [5.74, 6) is -0.247. The van der Waals surface area contributed by atoms with Gasteiger partial charge in [0.05, 0.1) is 12.0 Å². The predicted octanol–water partition coefficient (Wildman–Crippen LogP) is 2.47. The number of amides is 1. The topological polar surface area (TPSA) is 110 Å². The molecule has 2 N–H and O–H groups in total. The van der Waals surface area contributed by atoms with E-state index < -0.39 is 5.97 Å². The van der Waals surface area contributed by atoms with Crippen LogP contribution in [-0.2, 0) is 30.6 Å². The average molecular weight is 394 g/mol. The zero-order chi connectivity index (χ0) is 20.2. The molecule has 0 saturated carbocycles. The van der Waals surface area contributed by atoms with Crippen molar-refractivity contribution < 1.29 is 19.1 Å². The molecule has 1 amide bonds. The highest BCUT2D eigenvalue weighted by molar-refractivity contribution is 5.90. The Morgan fingerprint density at radius 2 is 2.17 bits per heavy atom. The molecule has 3 heterocycles. The van der Waals surface area contributed by atoms with Gasteiger partial charge in [0, 0.05) is 49.5 Å². The van der Waals surface area contributed by atoms with Gasteiger partial charge in [0.15, 0.2) is 0 Å². The molecule has 0 bridgehead atoms. The SMILES string of the molecule is O=C(CCc1ccco1)NCCCn1nc2c(c1C(=O)O)CCc1cnccc1-2. The molecular formula is C21H22N4O4. The van der Waals surface area contributed by atoms with E-state index in [0.717, 1.165) is 34.6 Å². The van der Waals surface area contributed by atoms with Crippen LogP contribution in [0.4, 0.5) is 0 Å². The number of aromatic carboxylic acids is 1. The lowest BCUT2D eigenvalue weighted by atomic mass is 9.90. The van der Waals surface area contributed by atoms with E-state index >= 15 is 0 Å². The first kappa shape index (κ1) is 18.9. The van der Waals surface area contributed by atoms with E-state index in [0.29, 0.717) is 38.8 Å². The molecule has 0 radical (unpaired) electrons. The van der Waals surface area contributed by atoms with Crippen molar-refractivity contribution in [2.24, 2.45) is 0 Å². The molecule has 150 valence electrons. The zero-order valence-corrected chi connectivity index (χ0v) is 15.9. The molecule has 3 aromatic rings. The second-order valence-corrected chi connectivity index (χ2v) is 7.02. The predicted molar refractivity (Wildman–Crippen MR) is 104 cm³/mol. The highest BCUT2D eigenvalue weighted by Gasteiger charge is 2.27. The van der Waals surface area contributed by atoms with Gasteiger partial charge in [-0.25, -0.2) is 4.79 Å². The molecule has 0 aromatic carbocycles. The number of aryl methyl sites for hydroxylation is 3. The number of fused-ring (bicyclic) bond motifs is 3. The number of carboxylic acids is 1. The lowest BCUT2D eigenvalue weighted by Crippen LogP contribution is -2.26. The van der Waals surface area contributed by atoms with Gasteiger partial charge in [0.25, 0.3) is 0 Å². The summed E-state index contributed by atoms with van der Waals surface area (Å²) in [7, 11) is 0. The summed E-state index contributed by atoms with van der Waals surface area (Å²) in [6, 6.07) is 5.52. The normalized spacial score (nSPS) is 12.3. The van der Waals surface area contributed by atoms with Crippen LogP contribution in [-0.4, -0.2) is 38.3 Å². The van der Waals surface area contributed by atoms with Crippen LogP contribution in [0.1, 0.15) is 40.2 Å². The number of furan rings is 1. The molecule has 3 aromatic heterocycles. The molecule has 0 fully saturated rings. The number of rotatable bonds is 8. The fourth-order valence-electron chi connectivity index (χ4n) is 3.71. The van der Waals surface area contributed by atoms with Crippen molar-refractivity contribution in [2.75, 3.05) is 6.54 Å². The Labute approximate surface area is 167 Å². The Morgan fingerprint density at radius 1 is 1.28 bits per heavy atom. The molecule has 29 heavy (non-hydrogen) atoms. The molecule has 8 nitrogen and oxygen atoms in total. The molecular weight excluding hydrogens is 372 g/mol. The van der Waals surface area contributed by atoms with Crippen LogP contribution in [0, 0.1) is 0 Å². The highest BCUT2D eigenvalue weighted by atomic mass is 16.4. The van der Waals surface area contributed by atoms with E-state index in [2.05, 4.69) is 15.4 Å². The number of hydrogen-bond acceptors (Lipinski definition) is 5. The van der Waals surface area contributed by atoms with Crippen LogP contribution in [0.25, 0.3) is 11.3 Å². The Kier molecular flexibility index (Phi) is 5.41. The van der Waals surface area contributed by atoms with Gasteiger partial charge >= 0.3 is 5.97 Å². The first-order valence-electron chi connectivity index (χ1n) is 9.69. The summed E-state index contributed by atoms with van der Waals surface area (Å²) >= 11 is 0. The Morgan fingerprint density at radius 3 is 2.97 bits per heavy atom. The third kappa shape index (κ3) is 4.06. The molecule has 0 atom stereocenters. The first-order chi connectivity index (χ1) is 14.1. The number of hydrogen-bond donors (Lipinski definition) is 2. The second kappa shape index (κ2) is 8.30. The minimum Gasteiger partial charge on any atom is -0.477 e. The lowest BCUT2D eigenvalue weighted by Gasteiger charge is -2.14. The number of carboxylic acid groups (broad SMARTS) is 1. The fraction of sp³-hybridized carbons (Fsp3) is 0.333. The third-order valence-corrected chi connectivity index (χ3v) is 5.10. The minimum absolute atomic E-state index is 0.0546. The lowest BCUT2D eigenvalue weighted by molar-refractivity contribution is -0.121. The summed E-state index contributed by atoms with van der Waals surface area (Å²) in [6.07, 6.45) is 8.01. The molecule has 1 aliphatic carbocycles. The maximum absolute atomic E-state index is 11.9. The van der Waals surface area contributed by atoms with Crippen LogP contribution in [0.5, 0.6) is 0 Å². The van der Waals surface area contributed by atoms with Crippen LogP contribution in [0.3, 0.4) is 0 Å². The molecule has 0 aliphatic heterocycles. The van der Waals surface area contributed by atoms with Gasteiger partial charge in [0.1, 0.15) is 11.5 Å². The van der Waals surface area contributed by atoms with E-state index in [1.54, 1.807) is 23.2 Å². The number of carbonyl (C=O) groups is 2. The van der Waals surface area contributed by atoms with Gasteiger partial charge in [-0.3, -0.25) is 14.5 Å². The Hall–Kier alpha value is -3.42. The Balaban J connectivity index is 1.37. The largest absolute Gasteiger partial charge is 0.477 e. The van der Waals surface area contributed by atoms with Gasteiger partial charge in [-0.1, -0.05) is 0 Å². The Bertz CT molecular complexity index is 1020. The van der Waals surface area contributed by atoms with Crippen LogP contribution in [0.15, 0.2) is 41.3 Å². The van der Waals surface area contributed by atoms with Gasteiger partial charge in [-0.05, 0) is 43.0 Å². The van der Waals surface area contributed by atoms with Gasteiger partial charge < -0.3 is 14.8 Å². The smallest absolute Gasteiger partial charge is 0.354 e. The summed E-state index contributed by atoms with van der Waals surface area (Å²) in [5.41, 5.74) is 3.79. The summed E-state index contributed by atoms with van der Waals surface area (Å²) in [6.45, 7) is 0.884. The number of pyridine rings is 1. The minimum atomic E-state index is -0.973. The van der Waals surface area contributed by atoms with Crippen molar-refractivity contribution in [1.29, 1.82) is 0 Å². The molecule has 0 unspecified atom stereocenters. The fourth-order valence-corrected chi connectivity index (χ4v) is 3.71. The summed E-state index contributed by atoms with van der Waals surface area (Å²) < 4.78 is 6.77. The van der Waals surface area contributed by atoms with Crippen LogP contribution >= 0.6 is 0 Å². The maximum Gasteiger partial charge on any atom is 0.354 e. The van der Waals surface area contributed by atoms with E-state index in [1.165, 1.54) is 0 Å². The van der Waals surface area contributed by atoms with E-state index in [9.17, 15) is 14.7 Å². The van der Waals surface area contributed by atoms with E-state index in [1.807, 2.05) is 18.3 Å². The number of carbonyl (C=O) groups excluding carboxylic acids is 1. The van der Waals surface area contributed by atoms with Crippen LogP contribution in [0.2, 0.25) is 0 Å². The summed E-state index contributed by atoms with van der Waals surface area (Å²) in [5, 5.41) is 17.2. The average Bonchev–Trinajstić information content (AvgIpc) is 3.37. The number of nitrogens with zero attached hydrogens (tertiary/aromatic N) is 3. The van der Waals surface area contributed by atoms with Crippen molar-refractivity contribution in [3.8, 4) is 11.3 Å². The molecule has 4 rings (SSSR count). The third-order valence-electron chi connectivity index (χ3n) is 5.10. The molecule has 1 aliphatic rings. The van der Waals surface area contributed by atoms with Crippen LogP contribution < -0.4 is 5.32 Å². The maximum atomic E-state index is 11.9. The van der Waals surface area contributed by atoms with E-state index in [4.69, 9.17) is 4.42 Å². The van der Waals surface area contributed by atoms with Crippen molar-refractivity contribution in [1.82, 2.24) is 20.1 Å². The summed E-state index contributed by atoms with van der Waals surface area (Å²) in [4.78, 5) is 27.9. The monoisotopic (exact) mass is 394 g/mol. The highest BCUT2D eigenvalue weighted by Crippen LogP contribution is 2.34. The van der Waals surface area contributed by atoms with Crippen molar-refractivity contribution in [2.45, 2.75) is 38.6 Å². The van der Waals surface area contributed by atoms with Crippen molar-refractivity contribution in [3.63, 3.8) is 0 Å². The van der Waals surface area contributed by atoms with Gasteiger partial charge in [-0.2, -0.15) is 5.10 Å². The van der Waals surface area contributed by atoms with Crippen molar-refractivity contribution >= 4 is 11.9 Å². The van der Waals surface area contributed by atoms with Gasteiger partial charge in [0.2, 0.25) is 5.91 Å². The molecule has 0 spiro atoms. The second-order valence-electron chi connectivity index (χ2n) is 7.02. The first-order valence-corrected chi connectivity index (χ1v) is 9.69. The molecule has 0 saturated heterocycles. The standard InChI is InChI=1S/C21H22N4O4/c26-18(7-5-15-3-1-12-29-15)23-9-2-11-25-20(21(27)28)17-6-4-14-13-22-10-8-16(14)19(17)24-25/h1,3,8,10,12-13H,2,4-7,9,11H2,(H,23,26)(H,27,28). The molecule has 8 heteroatoms. The number of nitrogens with one attached hydrogen (secondary N) is 1. The quantitative estimate of drug-likeness (QED) is 0.568. The number of aromatic nitrogens is 3. The van der Waals surface area contributed by atoms with Gasteiger partial charge in [-0.15, -0.1) is 0 Å². The van der Waals surface area contributed by atoms with Crippen molar-refractivity contribution in [3.05, 3.63) is 59.4 Å². The zero-order valence-electron chi connectivity index (χ0n) is 15.9. The van der Waals surface area contributed by atoms with E-state index in [-0.39, 0.29) is 11.6 Å².